The Labute approximate surface area is 122 Å². The Morgan fingerprint density at radius 2 is 1.95 bits per heavy atom. The van der Waals surface area contributed by atoms with E-state index in [1.807, 2.05) is 55.5 Å². The van der Waals surface area contributed by atoms with E-state index in [0.29, 0.717) is 0 Å². The Bertz CT molecular complexity index is 763. The minimum Gasteiger partial charge on any atom is -0.464 e. The van der Waals surface area contributed by atoms with E-state index >= 15 is 0 Å². The van der Waals surface area contributed by atoms with Gasteiger partial charge in [-0.05, 0) is 30.7 Å². The number of anilines is 1. The zero-order chi connectivity index (χ0) is 14.7. The number of hydrazine groups is 1. The van der Waals surface area contributed by atoms with Crippen molar-refractivity contribution in [2.75, 3.05) is 5.43 Å². The van der Waals surface area contributed by atoms with E-state index in [1.54, 1.807) is 6.26 Å². The number of para-hydroxylation sites is 1. The molecule has 3 rings (SSSR count). The molecule has 3 aromatic rings. The third-order valence-corrected chi connectivity index (χ3v) is 3.28. The fraction of sp³-hybridized carbons (Fsp3) is 0.118. The first-order chi connectivity index (χ1) is 10.2. The number of hydrogen-bond donors (Lipinski definition) is 2. The van der Waals surface area contributed by atoms with Crippen molar-refractivity contribution < 1.29 is 9.21 Å². The Morgan fingerprint density at radius 3 is 2.76 bits per heavy atom. The van der Waals surface area contributed by atoms with E-state index in [1.165, 1.54) is 0 Å². The van der Waals surface area contributed by atoms with Gasteiger partial charge in [0.2, 0.25) is 5.91 Å². The minimum atomic E-state index is -0.109. The second kappa shape index (κ2) is 5.71. The molecule has 0 aliphatic heterocycles. The van der Waals surface area contributed by atoms with Crippen molar-refractivity contribution in [3.05, 3.63) is 65.9 Å². The van der Waals surface area contributed by atoms with Crippen LogP contribution in [0.3, 0.4) is 0 Å². The molecule has 1 amide bonds. The fourth-order valence-corrected chi connectivity index (χ4v) is 2.21. The second-order valence-corrected chi connectivity index (χ2v) is 4.98. The average molecular weight is 280 g/mol. The molecule has 2 aromatic carbocycles. The van der Waals surface area contributed by atoms with Crippen LogP contribution < -0.4 is 10.9 Å². The molecule has 0 saturated carbocycles. The number of aryl methyl sites for hydroxylation is 1. The van der Waals surface area contributed by atoms with Crippen LogP contribution in [0.1, 0.15) is 11.1 Å². The number of carbonyl (C=O) groups is 1. The number of nitrogens with one attached hydrogen (secondary N) is 2. The lowest BCUT2D eigenvalue weighted by molar-refractivity contribution is -0.119. The molecule has 0 bridgehead atoms. The molecule has 1 aromatic heterocycles. The molecule has 0 unspecified atom stereocenters. The lowest BCUT2D eigenvalue weighted by Crippen LogP contribution is -2.30. The number of hydrogen-bond acceptors (Lipinski definition) is 3. The Balaban J connectivity index is 1.66. The first-order valence-electron chi connectivity index (χ1n) is 6.79. The van der Waals surface area contributed by atoms with Crippen LogP contribution in [0.15, 0.2) is 59.2 Å². The molecule has 0 aliphatic rings. The summed E-state index contributed by atoms with van der Waals surface area (Å²) in [6.07, 6.45) is 1.92. The van der Waals surface area contributed by atoms with Crippen LogP contribution in [0, 0.1) is 6.92 Å². The lowest BCUT2D eigenvalue weighted by Gasteiger charge is -2.07. The summed E-state index contributed by atoms with van der Waals surface area (Å²) in [5.74, 6) is -0.109. The average Bonchev–Trinajstić information content (AvgIpc) is 2.88. The fourth-order valence-electron chi connectivity index (χ4n) is 2.21. The van der Waals surface area contributed by atoms with Gasteiger partial charge in [-0.25, -0.2) is 0 Å². The summed E-state index contributed by atoms with van der Waals surface area (Å²) < 4.78 is 5.49. The number of fused-ring (bicyclic) bond motifs is 1. The molecule has 0 spiro atoms. The van der Waals surface area contributed by atoms with Gasteiger partial charge in [0.05, 0.1) is 18.4 Å². The highest BCUT2D eigenvalue weighted by atomic mass is 16.3. The molecule has 4 nitrogen and oxygen atoms in total. The maximum atomic E-state index is 12.0. The van der Waals surface area contributed by atoms with Gasteiger partial charge in [-0.2, -0.15) is 0 Å². The number of amides is 1. The van der Waals surface area contributed by atoms with E-state index in [0.717, 1.165) is 27.8 Å². The zero-order valence-corrected chi connectivity index (χ0v) is 11.7. The van der Waals surface area contributed by atoms with Crippen molar-refractivity contribution in [2.24, 2.45) is 0 Å². The minimum absolute atomic E-state index is 0.109. The van der Waals surface area contributed by atoms with Crippen LogP contribution in [0.2, 0.25) is 0 Å². The van der Waals surface area contributed by atoms with Crippen LogP contribution in [0.25, 0.3) is 11.0 Å². The quantitative estimate of drug-likeness (QED) is 0.720. The van der Waals surface area contributed by atoms with Gasteiger partial charge in [-0.1, -0.05) is 30.3 Å². The molecule has 0 radical (unpaired) electrons. The molecule has 0 atom stereocenters. The molecule has 0 aliphatic carbocycles. The molecule has 4 heteroatoms. The summed E-state index contributed by atoms with van der Waals surface area (Å²) in [5, 5.41) is 0.982. The van der Waals surface area contributed by atoms with Crippen LogP contribution in [0.4, 0.5) is 5.69 Å². The molecule has 0 fully saturated rings. The van der Waals surface area contributed by atoms with Crippen LogP contribution >= 0.6 is 0 Å². The Kier molecular flexibility index (Phi) is 3.60. The lowest BCUT2D eigenvalue weighted by atomic mass is 10.1. The zero-order valence-electron chi connectivity index (χ0n) is 11.7. The summed E-state index contributed by atoms with van der Waals surface area (Å²) in [5.41, 5.74) is 9.25. The maximum absolute atomic E-state index is 12.0. The van der Waals surface area contributed by atoms with Gasteiger partial charge < -0.3 is 4.42 Å². The maximum Gasteiger partial charge on any atom is 0.242 e. The van der Waals surface area contributed by atoms with Crippen LogP contribution in [-0.4, -0.2) is 5.91 Å². The van der Waals surface area contributed by atoms with Gasteiger partial charge in [-0.3, -0.25) is 15.6 Å². The van der Waals surface area contributed by atoms with Crippen molar-refractivity contribution in [3.8, 4) is 0 Å². The standard InChI is InChI=1S/C17H16N2O2/c1-12-7-8-15-13(11-21-16(15)9-12)10-17(20)19-18-14-5-3-2-4-6-14/h2-9,11,18H,10H2,1H3,(H,19,20). The van der Waals surface area contributed by atoms with Gasteiger partial charge >= 0.3 is 0 Å². The molecular formula is C17H16N2O2. The van der Waals surface area contributed by atoms with E-state index in [9.17, 15) is 4.79 Å². The Morgan fingerprint density at radius 1 is 1.14 bits per heavy atom. The van der Waals surface area contributed by atoms with Crippen molar-refractivity contribution in [1.29, 1.82) is 0 Å². The summed E-state index contributed by atoms with van der Waals surface area (Å²) in [7, 11) is 0. The Hall–Kier alpha value is -2.75. The van der Waals surface area contributed by atoms with Crippen LogP contribution in [-0.2, 0) is 11.2 Å². The van der Waals surface area contributed by atoms with Crippen molar-refractivity contribution in [2.45, 2.75) is 13.3 Å². The smallest absolute Gasteiger partial charge is 0.242 e. The first kappa shape index (κ1) is 13.2. The topological polar surface area (TPSA) is 54.3 Å². The number of carbonyl (C=O) groups excluding carboxylic acids is 1. The summed E-state index contributed by atoms with van der Waals surface area (Å²) >= 11 is 0. The largest absolute Gasteiger partial charge is 0.464 e. The molecule has 106 valence electrons. The van der Waals surface area contributed by atoms with Crippen molar-refractivity contribution >= 4 is 22.6 Å². The highest BCUT2D eigenvalue weighted by Gasteiger charge is 2.10. The monoisotopic (exact) mass is 280 g/mol. The number of benzene rings is 2. The van der Waals surface area contributed by atoms with E-state index in [4.69, 9.17) is 4.42 Å². The predicted molar refractivity (Wildman–Crippen MR) is 82.9 cm³/mol. The first-order valence-corrected chi connectivity index (χ1v) is 6.79. The second-order valence-electron chi connectivity index (χ2n) is 4.98. The van der Waals surface area contributed by atoms with E-state index in [2.05, 4.69) is 10.9 Å². The normalized spacial score (nSPS) is 10.5. The van der Waals surface area contributed by atoms with Gasteiger partial charge in [0.15, 0.2) is 0 Å². The molecule has 2 N–H and O–H groups in total. The summed E-state index contributed by atoms with van der Waals surface area (Å²) in [6, 6.07) is 15.5. The number of rotatable bonds is 4. The molecule has 1 heterocycles. The SMILES string of the molecule is Cc1ccc2c(CC(=O)NNc3ccccc3)coc2c1. The summed E-state index contributed by atoms with van der Waals surface area (Å²) in [4.78, 5) is 12.0. The molecule has 0 saturated heterocycles. The molecule has 21 heavy (non-hydrogen) atoms. The van der Waals surface area contributed by atoms with Gasteiger partial charge in [0, 0.05) is 10.9 Å². The van der Waals surface area contributed by atoms with Crippen molar-refractivity contribution in [1.82, 2.24) is 5.43 Å². The van der Waals surface area contributed by atoms with Gasteiger partial charge in [-0.15, -0.1) is 0 Å². The van der Waals surface area contributed by atoms with E-state index in [-0.39, 0.29) is 12.3 Å². The third kappa shape index (κ3) is 3.05. The number of furan rings is 1. The van der Waals surface area contributed by atoms with Crippen LogP contribution in [0.5, 0.6) is 0 Å². The predicted octanol–water partition coefficient (Wildman–Crippen LogP) is 3.43. The van der Waals surface area contributed by atoms with Gasteiger partial charge in [0.1, 0.15) is 5.58 Å². The highest BCUT2D eigenvalue weighted by Crippen LogP contribution is 2.22. The molecular weight excluding hydrogens is 264 g/mol. The highest BCUT2D eigenvalue weighted by molar-refractivity contribution is 5.88. The van der Waals surface area contributed by atoms with E-state index < -0.39 is 0 Å². The third-order valence-electron chi connectivity index (χ3n) is 3.28. The summed E-state index contributed by atoms with van der Waals surface area (Å²) in [6.45, 7) is 2.01. The van der Waals surface area contributed by atoms with Gasteiger partial charge in [0.25, 0.3) is 0 Å². The van der Waals surface area contributed by atoms with Crippen molar-refractivity contribution in [3.63, 3.8) is 0 Å².